The molecule has 4 nitrogen and oxygen atoms in total. The molecule has 5 fully saturated rings. The van der Waals surface area contributed by atoms with Gasteiger partial charge < -0.3 is 9.47 Å². The molecular formula is C20H26O4. The lowest BCUT2D eigenvalue weighted by Gasteiger charge is -2.58. The topological polar surface area (TPSA) is 52.6 Å². The van der Waals surface area contributed by atoms with Crippen LogP contribution in [0.25, 0.3) is 0 Å². The second kappa shape index (κ2) is 4.14. The van der Waals surface area contributed by atoms with Gasteiger partial charge in [0, 0.05) is 29.9 Å². The van der Waals surface area contributed by atoms with Gasteiger partial charge >= 0.3 is 5.97 Å². The van der Waals surface area contributed by atoms with Gasteiger partial charge in [0.2, 0.25) is 0 Å². The maximum absolute atomic E-state index is 13.3. The largest absolute Gasteiger partial charge is 0.458 e. The summed E-state index contributed by atoms with van der Waals surface area (Å²) in [6.07, 6.45) is 7.11. The molecule has 0 amide bonds. The smallest absolute Gasteiger partial charge is 0.312 e. The van der Waals surface area contributed by atoms with Crippen molar-refractivity contribution in [2.24, 2.45) is 22.7 Å². The first-order valence-electron chi connectivity index (χ1n) is 9.37. The Hall–Kier alpha value is -1.16. The van der Waals surface area contributed by atoms with Crippen LogP contribution in [-0.4, -0.2) is 30.1 Å². The second-order valence-electron chi connectivity index (χ2n) is 9.14. The Morgan fingerprint density at radius 3 is 2.62 bits per heavy atom. The van der Waals surface area contributed by atoms with Gasteiger partial charge in [-0.2, -0.15) is 0 Å². The van der Waals surface area contributed by atoms with Gasteiger partial charge in [0.25, 0.3) is 0 Å². The quantitative estimate of drug-likeness (QED) is 0.547. The van der Waals surface area contributed by atoms with E-state index in [0.717, 1.165) is 51.4 Å². The molecule has 1 saturated heterocycles. The average Bonchev–Trinajstić information content (AvgIpc) is 2.81. The summed E-state index contributed by atoms with van der Waals surface area (Å²) >= 11 is 0. The first-order chi connectivity index (χ1) is 11.3. The van der Waals surface area contributed by atoms with Crippen LogP contribution >= 0.6 is 0 Å². The van der Waals surface area contributed by atoms with E-state index in [4.69, 9.17) is 9.47 Å². The molecule has 0 N–H and O–H groups in total. The fraction of sp³-hybridized carbons (Fsp3) is 0.800. The number of esters is 1. The second-order valence-corrected chi connectivity index (χ2v) is 9.14. The number of carbonyl (C=O) groups excluding carboxylic acids is 2. The minimum absolute atomic E-state index is 0.0186. The molecular weight excluding hydrogens is 304 g/mol. The van der Waals surface area contributed by atoms with Crippen LogP contribution in [0.15, 0.2) is 12.2 Å². The maximum atomic E-state index is 13.3. The summed E-state index contributed by atoms with van der Waals surface area (Å²) in [5, 5.41) is 0. The van der Waals surface area contributed by atoms with Crippen LogP contribution in [-0.2, 0) is 19.1 Å². The third kappa shape index (κ3) is 1.32. The Bertz CT molecular complexity index is 683. The predicted octanol–water partition coefficient (Wildman–Crippen LogP) is 3.19. The fourth-order valence-electron chi connectivity index (χ4n) is 7.49. The molecule has 0 aromatic heterocycles. The predicted molar refractivity (Wildman–Crippen MR) is 87.2 cm³/mol. The number of hydrogen-bond acceptors (Lipinski definition) is 4. The van der Waals surface area contributed by atoms with Crippen molar-refractivity contribution in [1.82, 2.24) is 0 Å². The van der Waals surface area contributed by atoms with Crippen LogP contribution in [0.1, 0.15) is 58.3 Å². The van der Waals surface area contributed by atoms with Crippen LogP contribution in [0.5, 0.6) is 0 Å². The van der Waals surface area contributed by atoms with Gasteiger partial charge in [-0.05, 0) is 58.3 Å². The molecule has 1 spiro atoms. The maximum Gasteiger partial charge on any atom is 0.312 e. The first-order valence-corrected chi connectivity index (χ1v) is 9.37. The highest BCUT2D eigenvalue weighted by molar-refractivity contribution is 6.05. The molecule has 1 heterocycles. The number of methoxy groups -OCH3 is 1. The van der Waals surface area contributed by atoms with Crippen molar-refractivity contribution in [1.29, 1.82) is 0 Å². The van der Waals surface area contributed by atoms with Gasteiger partial charge in [-0.3, -0.25) is 9.59 Å². The van der Waals surface area contributed by atoms with E-state index in [9.17, 15) is 9.59 Å². The minimum atomic E-state index is -0.475. The summed E-state index contributed by atoms with van der Waals surface area (Å²) in [6.45, 7) is 6.21. The summed E-state index contributed by atoms with van der Waals surface area (Å²) in [7, 11) is 1.70. The summed E-state index contributed by atoms with van der Waals surface area (Å²) in [5.74, 6) is 0.591. The van der Waals surface area contributed by atoms with Crippen LogP contribution in [0.3, 0.4) is 0 Å². The van der Waals surface area contributed by atoms with Crippen LogP contribution in [0.2, 0.25) is 0 Å². The summed E-state index contributed by atoms with van der Waals surface area (Å²) in [6, 6.07) is 0. The SMILES string of the molecule is C=C1C(=O)[C@@]23CC[C@H]4[C@@]5(CCC[C@@]4(C)C(=O)O5)[C@H]2CC[C@]1(OC)C3. The highest BCUT2D eigenvalue weighted by Gasteiger charge is 2.76. The molecule has 24 heavy (non-hydrogen) atoms. The summed E-state index contributed by atoms with van der Waals surface area (Å²) in [4.78, 5) is 26.0. The molecule has 4 bridgehead atoms. The zero-order valence-electron chi connectivity index (χ0n) is 14.7. The molecule has 0 aromatic rings. The number of ketones is 1. The lowest BCUT2D eigenvalue weighted by Crippen LogP contribution is -2.61. The highest BCUT2D eigenvalue weighted by atomic mass is 16.6. The van der Waals surface area contributed by atoms with E-state index in [1.165, 1.54) is 0 Å². The zero-order chi connectivity index (χ0) is 17.0. The molecule has 6 atom stereocenters. The fourth-order valence-corrected chi connectivity index (χ4v) is 7.49. The molecule has 130 valence electrons. The number of Topliss-reactive ketones (excluding diaryl/α,β-unsaturated/α-hetero) is 1. The van der Waals surface area contributed by atoms with Gasteiger partial charge in [0.15, 0.2) is 5.78 Å². The van der Waals surface area contributed by atoms with Crippen LogP contribution in [0.4, 0.5) is 0 Å². The summed E-state index contributed by atoms with van der Waals surface area (Å²) in [5.41, 5.74) is -0.982. The van der Waals surface area contributed by atoms with Gasteiger partial charge in [-0.15, -0.1) is 0 Å². The van der Waals surface area contributed by atoms with Crippen molar-refractivity contribution >= 4 is 11.8 Å². The zero-order valence-corrected chi connectivity index (χ0v) is 14.7. The molecule has 0 unspecified atom stereocenters. The van der Waals surface area contributed by atoms with Crippen molar-refractivity contribution in [3.05, 3.63) is 12.2 Å². The van der Waals surface area contributed by atoms with Gasteiger partial charge in [0.05, 0.1) is 11.0 Å². The Labute approximate surface area is 143 Å². The Morgan fingerprint density at radius 2 is 1.88 bits per heavy atom. The average molecular weight is 330 g/mol. The van der Waals surface area contributed by atoms with E-state index in [0.29, 0.717) is 5.57 Å². The van der Waals surface area contributed by atoms with Gasteiger partial charge in [-0.25, -0.2) is 0 Å². The number of fused-ring (bicyclic) bond motifs is 1. The summed E-state index contributed by atoms with van der Waals surface area (Å²) < 4.78 is 12.0. The van der Waals surface area contributed by atoms with Crippen molar-refractivity contribution in [2.45, 2.75) is 69.5 Å². The normalized spacial score (nSPS) is 55.2. The molecule has 4 saturated carbocycles. The van der Waals surface area contributed by atoms with E-state index >= 15 is 0 Å². The van der Waals surface area contributed by atoms with Crippen molar-refractivity contribution in [2.75, 3.05) is 7.11 Å². The first kappa shape index (κ1) is 15.1. The minimum Gasteiger partial charge on any atom is -0.458 e. The number of ether oxygens (including phenoxy) is 2. The number of carbonyl (C=O) groups is 2. The lowest BCUT2D eigenvalue weighted by molar-refractivity contribution is -0.189. The molecule has 0 radical (unpaired) electrons. The number of rotatable bonds is 1. The van der Waals surface area contributed by atoms with Gasteiger partial charge in [0.1, 0.15) is 5.60 Å². The van der Waals surface area contributed by atoms with Crippen LogP contribution < -0.4 is 0 Å². The molecule has 5 rings (SSSR count). The van der Waals surface area contributed by atoms with Crippen molar-refractivity contribution in [3.63, 3.8) is 0 Å². The van der Waals surface area contributed by atoms with Crippen molar-refractivity contribution < 1.29 is 19.1 Å². The van der Waals surface area contributed by atoms with E-state index < -0.39 is 16.6 Å². The molecule has 1 aliphatic heterocycles. The van der Waals surface area contributed by atoms with Crippen LogP contribution in [0, 0.1) is 22.7 Å². The Kier molecular flexibility index (Phi) is 2.61. The molecule has 0 aromatic carbocycles. The highest BCUT2D eigenvalue weighted by Crippen LogP contribution is 2.72. The van der Waals surface area contributed by atoms with E-state index in [-0.39, 0.29) is 29.0 Å². The van der Waals surface area contributed by atoms with E-state index in [1.54, 1.807) is 7.11 Å². The molecule has 5 aliphatic rings. The van der Waals surface area contributed by atoms with E-state index in [2.05, 4.69) is 13.5 Å². The Morgan fingerprint density at radius 1 is 1.12 bits per heavy atom. The van der Waals surface area contributed by atoms with Crippen molar-refractivity contribution in [3.8, 4) is 0 Å². The third-order valence-corrected chi connectivity index (χ3v) is 8.61. The number of hydrogen-bond donors (Lipinski definition) is 0. The van der Waals surface area contributed by atoms with Gasteiger partial charge in [-0.1, -0.05) is 6.58 Å². The Balaban J connectivity index is 1.65. The molecule has 4 heteroatoms. The monoisotopic (exact) mass is 330 g/mol. The lowest BCUT2D eigenvalue weighted by atomic mass is 9.46. The standard InChI is InChI=1S/C20H26O4/c1-12-15(21)18-9-5-13-17(2)7-4-8-20(13,24-16(17)22)14(18)6-10-19(12,11-18)23-3/h13-14H,1,4-11H2,2-3H3/t13-,14+,17-,18-,19+,20+/m1/s1. The van der Waals surface area contributed by atoms with E-state index in [1.807, 2.05) is 0 Å². The molecule has 4 aliphatic carbocycles. The third-order valence-electron chi connectivity index (χ3n) is 8.61.